The summed E-state index contributed by atoms with van der Waals surface area (Å²) < 4.78 is 0. The Labute approximate surface area is 98.6 Å². The summed E-state index contributed by atoms with van der Waals surface area (Å²) in [5.41, 5.74) is 0. The predicted octanol–water partition coefficient (Wildman–Crippen LogP) is 2.38. The van der Waals surface area contributed by atoms with Gasteiger partial charge in [0.25, 0.3) is 0 Å². The molecule has 16 heavy (non-hydrogen) atoms. The highest BCUT2D eigenvalue weighted by Crippen LogP contribution is 2.18. The van der Waals surface area contributed by atoms with Gasteiger partial charge in [0.15, 0.2) is 0 Å². The highest BCUT2D eigenvalue weighted by Gasteiger charge is 2.20. The van der Waals surface area contributed by atoms with Gasteiger partial charge in [-0.1, -0.05) is 26.2 Å². The van der Waals surface area contributed by atoms with Crippen LogP contribution in [0.2, 0.25) is 0 Å². The van der Waals surface area contributed by atoms with E-state index in [1.165, 1.54) is 12.8 Å². The summed E-state index contributed by atoms with van der Waals surface area (Å²) in [6, 6.07) is 0.307. The second-order valence-electron chi connectivity index (χ2n) is 4.88. The number of hydrogen-bond donors (Lipinski definition) is 2. The van der Waals surface area contributed by atoms with E-state index in [1.54, 1.807) is 0 Å². The highest BCUT2D eigenvalue weighted by atomic mass is 16.3. The third-order valence-electron chi connectivity index (χ3n) is 3.32. The lowest BCUT2D eigenvalue weighted by Crippen LogP contribution is -2.38. The first-order valence-corrected chi connectivity index (χ1v) is 6.69. The van der Waals surface area contributed by atoms with E-state index >= 15 is 0 Å². The van der Waals surface area contributed by atoms with Crippen molar-refractivity contribution in [1.29, 1.82) is 0 Å². The van der Waals surface area contributed by atoms with Gasteiger partial charge >= 0.3 is 0 Å². The maximum absolute atomic E-state index is 11.6. The molecule has 0 spiro atoms. The standard InChI is InChI=1S/C13H25NO2/c1-2-3-4-5-6-13(16)14-11-7-9-12(15)10-8-11/h11-12,15H,2-10H2,1H3,(H,14,16). The fourth-order valence-corrected chi connectivity index (χ4v) is 2.23. The topological polar surface area (TPSA) is 49.3 Å². The molecule has 0 heterocycles. The van der Waals surface area contributed by atoms with Crippen LogP contribution in [0.25, 0.3) is 0 Å². The van der Waals surface area contributed by atoms with E-state index in [1.807, 2.05) is 0 Å². The minimum absolute atomic E-state index is 0.141. The molecule has 3 heteroatoms. The quantitative estimate of drug-likeness (QED) is 0.684. The molecule has 0 aromatic heterocycles. The van der Waals surface area contributed by atoms with E-state index in [-0.39, 0.29) is 12.0 Å². The molecule has 94 valence electrons. The van der Waals surface area contributed by atoms with Gasteiger partial charge in [-0.2, -0.15) is 0 Å². The van der Waals surface area contributed by atoms with Gasteiger partial charge in [-0.25, -0.2) is 0 Å². The zero-order valence-electron chi connectivity index (χ0n) is 10.4. The number of amides is 1. The van der Waals surface area contributed by atoms with Crippen molar-refractivity contribution >= 4 is 5.91 Å². The Balaban J connectivity index is 2.05. The summed E-state index contributed by atoms with van der Waals surface area (Å²) in [4.78, 5) is 11.6. The van der Waals surface area contributed by atoms with Gasteiger partial charge in [0.2, 0.25) is 5.91 Å². The fraction of sp³-hybridized carbons (Fsp3) is 0.923. The van der Waals surface area contributed by atoms with Gasteiger partial charge < -0.3 is 10.4 Å². The van der Waals surface area contributed by atoms with Gasteiger partial charge in [-0.05, 0) is 32.1 Å². The monoisotopic (exact) mass is 227 g/mol. The SMILES string of the molecule is CCCCCCC(=O)NC1CCC(O)CC1. The van der Waals surface area contributed by atoms with Crippen LogP contribution in [0.1, 0.15) is 64.7 Å². The van der Waals surface area contributed by atoms with Crippen LogP contribution >= 0.6 is 0 Å². The molecular formula is C13H25NO2. The third-order valence-corrected chi connectivity index (χ3v) is 3.32. The molecule has 1 aliphatic rings. The average molecular weight is 227 g/mol. The Morgan fingerprint density at radius 3 is 2.50 bits per heavy atom. The molecule has 1 saturated carbocycles. The first-order chi connectivity index (χ1) is 7.72. The van der Waals surface area contributed by atoms with E-state index in [9.17, 15) is 9.90 Å². The van der Waals surface area contributed by atoms with Crippen molar-refractivity contribution in [2.45, 2.75) is 76.9 Å². The number of carbonyl (C=O) groups excluding carboxylic acids is 1. The molecule has 1 fully saturated rings. The minimum atomic E-state index is -0.141. The molecule has 2 N–H and O–H groups in total. The zero-order chi connectivity index (χ0) is 11.8. The number of unbranched alkanes of at least 4 members (excludes halogenated alkanes) is 3. The lowest BCUT2D eigenvalue weighted by atomic mass is 9.93. The first-order valence-electron chi connectivity index (χ1n) is 6.69. The van der Waals surface area contributed by atoms with E-state index in [4.69, 9.17) is 0 Å². The normalized spacial score (nSPS) is 25.4. The molecule has 0 saturated heterocycles. The van der Waals surface area contributed by atoms with E-state index in [2.05, 4.69) is 12.2 Å². The maximum atomic E-state index is 11.6. The Kier molecular flexibility index (Phi) is 6.46. The van der Waals surface area contributed by atoms with Crippen LogP contribution in [0.3, 0.4) is 0 Å². The highest BCUT2D eigenvalue weighted by molar-refractivity contribution is 5.76. The van der Waals surface area contributed by atoms with Crippen molar-refractivity contribution in [3.63, 3.8) is 0 Å². The largest absolute Gasteiger partial charge is 0.393 e. The summed E-state index contributed by atoms with van der Waals surface area (Å²) in [6.45, 7) is 2.17. The van der Waals surface area contributed by atoms with Crippen molar-refractivity contribution in [3.05, 3.63) is 0 Å². The molecule has 0 unspecified atom stereocenters. The number of hydrogen-bond acceptors (Lipinski definition) is 2. The fourth-order valence-electron chi connectivity index (χ4n) is 2.23. The van der Waals surface area contributed by atoms with Crippen molar-refractivity contribution in [1.82, 2.24) is 5.32 Å². The lowest BCUT2D eigenvalue weighted by molar-refractivity contribution is -0.122. The molecule has 1 rings (SSSR count). The molecule has 0 atom stereocenters. The number of carbonyl (C=O) groups is 1. The van der Waals surface area contributed by atoms with Crippen molar-refractivity contribution < 1.29 is 9.90 Å². The minimum Gasteiger partial charge on any atom is -0.393 e. The molecule has 0 aromatic carbocycles. The summed E-state index contributed by atoms with van der Waals surface area (Å²) in [5, 5.41) is 12.4. The van der Waals surface area contributed by atoms with Crippen molar-refractivity contribution in [2.75, 3.05) is 0 Å². The number of rotatable bonds is 6. The summed E-state index contributed by atoms with van der Waals surface area (Å²) >= 11 is 0. The van der Waals surface area contributed by atoms with Gasteiger partial charge in [0.05, 0.1) is 6.10 Å². The van der Waals surface area contributed by atoms with Gasteiger partial charge in [0.1, 0.15) is 0 Å². The summed E-state index contributed by atoms with van der Waals surface area (Å²) in [6.07, 6.45) is 8.66. The van der Waals surface area contributed by atoms with E-state index in [0.29, 0.717) is 12.5 Å². The molecular weight excluding hydrogens is 202 g/mol. The van der Waals surface area contributed by atoms with E-state index in [0.717, 1.165) is 38.5 Å². The lowest BCUT2D eigenvalue weighted by Gasteiger charge is -2.26. The van der Waals surface area contributed by atoms with Crippen LogP contribution < -0.4 is 5.32 Å². The van der Waals surface area contributed by atoms with Crippen molar-refractivity contribution in [3.8, 4) is 0 Å². The second kappa shape index (κ2) is 7.66. The average Bonchev–Trinajstić information content (AvgIpc) is 2.28. The van der Waals surface area contributed by atoms with Crippen LogP contribution in [0.4, 0.5) is 0 Å². The molecule has 3 nitrogen and oxygen atoms in total. The van der Waals surface area contributed by atoms with E-state index < -0.39 is 0 Å². The Hall–Kier alpha value is -0.570. The Bertz CT molecular complexity index is 198. The maximum Gasteiger partial charge on any atom is 0.220 e. The number of aliphatic hydroxyl groups excluding tert-OH is 1. The molecule has 0 radical (unpaired) electrons. The molecule has 1 amide bonds. The zero-order valence-corrected chi connectivity index (χ0v) is 10.4. The smallest absolute Gasteiger partial charge is 0.220 e. The Morgan fingerprint density at radius 1 is 1.19 bits per heavy atom. The van der Waals surface area contributed by atoms with Gasteiger partial charge in [0, 0.05) is 12.5 Å². The molecule has 1 aliphatic carbocycles. The summed E-state index contributed by atoms with van der Waals surface area (Å²) in [5.74, 6) is 0.192. The van der Waals surface area contributed by atoms with Gasteiger partial charge in [-0.15, -0.1) is 0 Å². The van der Waals surface area contributed by atoms with Gasteiger partial charge in [-0.3, -0.25) is 4.79 Å². The van der Waals surface area contributed by atoms with Crippen molar-refractivity contribution in [2.24, 2.45) is 0 Å². The predicted molar refractivity (Wildman–Crippen MR) is 65.2 cm³/mol. The van der Waals surface area contributed by atoms with Crippen LogP contribution in [0.15, 0.2) is 0 Å². The summed E-state index contributed by atoms with van der Waals surface area (Å²) in [7, 11) is 0. The van der Waals surface area contributed by atoms with Crippen LogP contribution in [0, 0.1) is 0 Å². The molecule has 0 bridgehead atoms. The van der Waals surface area contributed by atoms with Crippen LogP contribution in [0.5, 0.6) is 0 Å². The number of aliphatic hydroxyl groups is 1. The second-order valence-corrected chi connectivity index (χ2v) is 4.88. The number of nitrogens with one attached hydrogen (secondary N) is 1. The molecule has 0 aromatic rings. The molecule has 0 aliphatic heterocycles. The van der Waals surface area contributed by atoms with Crippen LogP contribution in [-0.2, 0) is 4.79 Å². The first kappa shape index (κ1) is 13.5. The van der Waals surface area contributed by atoms with Crippen LogP contribution in [-0.4, -0.2) is 23.2 Å². The Morgan fingerprint density at radius 2 is 1.88 bits per heavy atom. The third kappa shape index (κ3) is 5.50.